The number of para-hydroxylation sites is 4. The second kappa shape index (κ2) is 14.0. The maximum Gasteiger partial charge on any atom is 0.160 e. The molecule has 59 heavy (non-hydrogen) atoms. The van der Waals surface area contributed by atoms with Crippen LogP contribution >= 0.6 is 0 Å². The number of aromatic nitrogens is 3. The Labute approximate surface area is 340 Å². The van der Waals surface area contributed by atoms with Crippen molar-refractivity contribution in [2.75, 3.05) is 4.90 Å². The molecule has 11 rings (SSSR count). The van der Waals surface area contributed by atoms with E-state index in [2.05, 4.69) is 125 Å². The zero-order chi connectivity index (χ0) is 39.3. The van der Waals surface area contributed by atoms with Crippen molar-refractivity contribution in [1.29, 1.82) is 5.26 Å². The molecule has 3 heterocycles. The van der Waals surface area contributed by atoms with E-state index in [0.717, 1.165) is 94.6 Å². The Balaban J connectivity index is 1.21. The van der Waals surface area contributed by atoms with E-state index in [9.17, 15) is 5.26 Å². The van der Waals surface area contributed by atoms with Crippen molar-refractivity contribution in [2.24, 2.45) is 0 Å². The molecule has 0 radical (unpaired) electrons. The minimum atomic E-state index is 0.507. The predicted octanol–water partition coefficient (Wildman–Crippen LogP) is 13.8. The van der Waals surface area contributed by atoms with Gasteiger partial charge in [-0.25, -0.2) is 9.97 Å². The molecule has 0 fully saturated rings. The zero-order valence-corrected chi connectivity index (χ0v) is 31.7. The van der Waals surface area contributed by atoms with E-state index in [4.69, 9.17) is 14.4 Å². The van der Waals surface area contributed by atoms with Crippen molar-refractivity contribution < 1.29 is 4.42 Å². The van der Waals surface area contributed by atoms with Crippen LogP contribution in [-0.4, -0.2) is 14.5 Å². The van der Waals surface area contributed by atoms with Crippen molar-refractivity contribution in [3.05, 3.63) is 206 Å². The van der Waals surface area contributed by atoms with E-state index < -0.39 is 0 Å². The van der Waals surface area contributed by atoms with Crippen LogP contribution in [0.4, 0.5) is 17.1 Å². The average molecular weight is 756 g/mol. The topological polar surface area (TPSA) is 70.9 Å². The molecule has 0 saturated carbocycles. The van der Waals surface area contributed by atoms with Gasteiger partial charge in [0, 0.05) is 44.2 Å². The molecule has 0 atom stereocenters. The lowest BCUT2D eigenvalue weighted by Crippen LogP contribution is -2.12. The third-order valence-corrected chi connectivity index (χ3v) is 11.0. The van der Waals surface area contributed by atoms with E-state index in [1.807, 2.05) is 91.0 Å². The minimum absolute atomic E-state index is 0.507. The molecule has 276 valence electrons. The number of rotatable bonds is 7. The van der Waals surface area contributed by atoms with Crippen LogP contribution in [0.2, 0.25) is 0 Å². The normalized spacial score (nSPS) is 11.4. The number of nitrogens with zero attached hydrogens (tertiary/aromatic N) is 5. The van der Waals surface area contributed by atoms with Gasteiger partial charge in [0.25, 0.3) is 0 Å². The Hall–Kier alpha value is -8.27. The summed E-state index contributed by atoms with van der Waals surface area (Å²) >= 11 is 0. The fourth-order valence-electron chi connectivity index (χ4n) is 8.36. The minimum Gasteiger partial charge on any atom is -0.455 e. The van der Waals surface area contributed by atoms with Crippen molar-refractivity contribution in [1.82, 2.24) is 14.5 Å². The van der Waals surface area contributed by atoms with Crippen LogP contribution in [0.5, 0.6) is 0 Å². The smallest absolute Gasteiger partial charge is 0.160 e. The summed E-state index contributed by atoms with van der Waals surface area (Å²) in [6.07, 6.45) is 0. The van der Waals surface area contributed by atoms with E-state index >= 15 is 0 Å². The summed E-state index contributed by atoms with van der Waals surface area (Å²) in [7, 11) is 0. The lowest BCUT2D eigenvalue weighted by Gasteiger charge is -2.27. The van der Waals surface area contributed by atoms with Crippen LogP contribution in [0.1, 0.15) is 5.56 Å². The van der Waals surface area contributed by atoms with Gasteiger partial charge in [-0.1, -0.05) is 140 Å². The first-order valence-corrected chi connectivity index (χ1v) is 19.6. The zero-order valence-electron chi connectivity index (χ0n) is 31.7. The molecular weight excluding hydrogens is 723 g/mol. The van der Waals surface area contributed by atoms with Gasteiger partial charge in [-0.2, -0.15) is 5.26 Å². The molecule has 0 aliphatic rings. The molecule has 0 aliphatic carbocycles. The van der Waals surface area contributed by atoms with Gasteiger partial charge in [0.1, 0.15) is 17.2 Å². The predicted molar refractivity (Wildman–Crippen MR) is 239 cm³/mol. The van der Waals surface area contributed by atoms with Gasteiger partial charge < -0.3 is 13.9 Å². The third-order valence-electron chi connectivity index (χ3n) is 11.0. The van der Waals surface area contributed by atoms with Crippen molar-refractivity contribution >= 4 is 60.8 Å². The largest absolute Gasteiger partial charge is 0.455 e. The maximum absolute atomic E-state index is 11.1. The summed E-state index contributed by atoms with van der Waals surface area (Å²) < 4.78 is 9.02. The van der Waals surface area contributed by atoms with Gasteiger partial charge in [-0.05, 0) is 60.7 Å². The number of nitriles is 1. The van der Waals surface area contributed by atoms with Gasteiger partial charge in [0.05, 0.1) is 44.7 Å². The van der Waals surface area contributed by atoms with Gasteiger partial charge >= 0.3 is 0 Å². The molecule has 0 bridgehead atoms. The third kappa shape index (κ3) is 5.72. The quantitative estimate of drug-likeness (QED) is 0.162. The standard InChI is InChI=1S/C53H33N5O/c54-34-38-31-37(45-33-44(35-17-5-1-6-18-35)55-53(56-45)36-19-7-2-8-20-36)29-30-46(38)58-47-27-15-13-26-42(47)50-51(58)48(32-43-41-25-14-16-28-49(41)59-52(43)50)57(39-21-9-3-10-22-39)40-23-11-4-12-24-40/h1-33H. The number of benzene rings is 8. The Bertz CT molecular complexity index is 3290. The fraction of sp³-hybridized carbons (Fsp3) is 0. The van der Waals surface area contributed by atoms with E-state index in [1.54, 1.807) is 0 Å². The molecule has 0 unspecified atom stereocenters. The van der Waals surface area contributed by atoms with Crippen LogP contribution in [0.25, 0.3) is 83.3 Å². The molecule has 11 aromatic rings. The van der Waals surface area contributed by atoms with Crippen LogP contribution < -0.4 is 4.90 Å². The highest BCUT2D eigenvalue weighted by molar-refractivity contribution is 6.27. The van der Waals surface area contributed by atoms with Gasteiger partial charge in [0.15, 0.2) is 5.82 Å². The Morgan fingerprint density at radius 3 is 1.76 bits per heavy atom. The summed E-state index contributed by atoms with van der Waals surface area (Å²) in [5.74, 6) is 0.619. The lowest BCUT2D eigenvalue weighted by atomic mass is 10.0. The summed E-state index contributed by atoms with van der Waals surface area (Å²) in [5.41, 5.74) is 12.0. The molecule has 0 N–H and O–H groups in total. The van der Waals surface area contributed by atoms with E-state index in [0.29, 0.717) is 11.4 Å². The second-order valence-electron chi connectivity index (χ2n) is 14.5. The molecule has 0 amide bonds. The van der Waals surface area contributed by atoms with E-state index in [1.165, 1.54) is 0 Å². The lowest BCUT2D eigenvalue weighted by molar-refractivity contribution is 0.673. The Morgan fingerprint density at radius 1 is 0.508 bits per heavy atom. The maximum atomic E-state index is 11.1. The van der Waals surface area contributed by atoms with Crippen LogP contribution in [0.3, 0.4) is 0 Å². The molecule has 0 aliphatic heterocycles. The fourth-order valence-corrected chi connectivity index (χ4v) is 8.36. The van der Waals surface area contributed by atoms with Gasteiger partial charge in [-0.15, -0.1) is 0 Å². The number of anilines is 3. The Kier molecular flexibility index (Phi) is 8.09. The molecular formula is C53H33N5O. The van der Waals surface area contributed by atoms with Crippen molar-refractivity contribution in [3.63, 3.8) is 0 Å². The summed E-state index contributed by atoms with van der Waals surface area (Å²) in [6, 6.07) is 70.5. The average Bonchev–Trinajstić information content (AvgIpc) is 3.86. The Morgan fingerprint density at radius 2 is 1.08 bits per heavy atom. The van der Waals surface area contributed by atoms with Crippen LogP contribution in [-0.2, 0) is 0 Å². The highest BCUT2D eigenvalue weighted by Gasteiger charge is 2.27. The highest BCUT2D eigenvalue weighted by atomic mass is 16.3. The first-order valence-electron chi connectivity index (χ1n) is 19.6. The second-order valence-corrected chi connectivity index (χ2v) is 14.5. The molecule has 0 saturated heterocycles. The van der Waals surface area contributed by atoms with Crippen molar-refractivity contribution in [3.8, 4) is 45.7 Å². The number of hydrogen-bond donors (Lipinski definition) is 0. The van der Waals surface area contributed by atoms with Crippen LogP contribution in [0, 0.1) is 11.3 Å². The number of fused-ring (bicyclic) bond motifs is 7. The molecule has 3 aromatic heterocycles. The summed E-state index contributed by atoms with van der Waals surface area (Å²) in [4.78, 5) is 12.4. The molecule has 0 spiro atoms. The van der Waals surface area contributed by atoms with Crippen LogP contribution in [0.15, 0.2) is 205 Å². The highest BCUT2D eigenvalue weighted by Crippen LogP contribution is 2.49. The number of furan rings is 1. The number of hydrogen-bond acceptors (Lipinski definition) is 5. The molecule has 8 aromatic carbocycles. The SMILES string of the molecule is N#Cc1cc(-c2cc(-c3ccccc3)nc(-c3ccccc3)n2)ccc1-n1c2ccccc2c2c3oc4ccccc4c3cc(N(c3ccccc3)c3ccccc3)c21. The van der Waals surface area contributed by atoms with E-state index in [-0.39, 0.29) is 0 Å². The van der Waals surface area contributed by atoms with Crippen molar-refractivity contribution in [2.45, 2.75) is 0 Å². The molecule has 6 heteroatoms. The monoisotopic (exact) mass is 755 g/mol. The summed E-state index contributed by atoms with van der Waals surface area (Å²) in [5, 5.41) is 15.1. The first kappa shape index (κ1) is 34.0. The van der Waals surface area contributed by atoms with Gasteiger partial charge in [-0.3, -0.25) is 0 Å². The molecule has 6 nitrogen and oxygen atoms in total. The summed E-state index contributed by atoms with van der Waals surface area (Å²) in [6.45, 7) is 0. The first-order chi connectivity index (χ1) is 29.2. The van der Waals surface area contributed by atoms with Gasteiger partial charge in [0.2, 0.25) is 0 Å².